The molecule has 6 aromatic carbocycles. The van der Waals surface area contributed by atoms with Crippen LogP contribution < -0.4 is 26.6 Å². The van der Waals surface area contributed by atoms with Crippen molar-refractivity contribution in [3.05, 3.63) is 215 Å². The molecule has 9 N–H and O–H groups in total. The number of carbonyl (C=O) groups excluding carboxylic acids is 5. The Hall–Kier alpha value is -8.71. The molecule has 4 heterocycles. The normalized spacial score (nSPS) is 28.6. The summed E-state index contributed by atoms with van der Waals surface area (Å²) in [5, 5.41) is 63.7. The monoisotopic (exact) mass is 1560 g/mol. The first-order valence-electron chi connectivity index (χ1n) is 37.1. The van der Waals surface area contributed by atoms with Gasteiger partial charge in [0.2, 0.25) is 0 Å². The zero-order valence-electron chi connectivity index (χ0n) is 63.0. The van der Waals surface area contributed by atoms with Gasteiger partial charge in [-0.2, -0.15) is 0 Å². The maximum absolute atomic E-state index is 14.6. The molecular formula is C80H102N6O24Si. The van der Waals surface area contributed by atoms with E-state index in [1.54, 1.807) is 170 Å². The topological polar surface area (TPSA) is 368 Å². The van der Waals surface area contributed by atoms with Gasteiger partial charge in [-0.05, 0) is 66.5 Å². The van der Waals surface area contributed by atoms with Crippen LogP contribution in [-0.2, 0) is 104 Å². The number of aliphatic hydroxyl groups excluding tert-OH is 4. The molecule has 5 aliphatic rings. The maximum Gasteiger partial charge on any atom is 0.407 e. The Bertz CT molecular complexity index is 3870. The zero-order chi connectivity index (χ0) is 78.6. The van der Waals surface area contributed by atoms with Gasteiger partial charge in [0.15, 0.2) is 33.5 Å². The van der Waals surface area contributed by atoms with E-state index in [2.05, 4.69) is 26.6 Å². The minimum Gasteiger partial charge on any atom is -0.445 e. The molecule has 0 radical (unpaired) electrons. The highest BCUT2D eigenvalue weighted by Gasteiger charge is 2.59. The Morgan fingerprint density at radius 3 is 1.38 bits per heavy atom. The Balaban J connectivity index is 0.981. The van der Waals surface area contributed by atoms with Crippen molar-refractivity contribution in [2.75, 3.05) is 47.0 Å². The molecule has 0 aromatic heterocycles. The van der Waals surface area contributed by atoms with Gasteiger partial charge in [-0.3, -0.25) is 0 Å². The summed E-state index contributed by atoms with van der Waals surface area (Å²) in [5.41, 5.74) is 3.86. The Kier molecular flexibility index (Phi) is 29.7. The van der Waals surface area contributed by atoms with E-state index in [1.807, 2.05) is 65.0 Å². The summed E-state index contributed by atoms with van der Waals surface area (Å²) in [4.78, 5) is 72.4. The Morgan fingerprint density at radius 2 is 0.892 bits per heavy atom. The molecule has 0 bridgehead atoms. The second kappa shape index (κ2) is 39.7. The third-order valence-corrected chi connectivity index (χ3v) is 24.7. The molecular weight excluding hydrogens is 1460 g/mol. The third-order valence-electron chi connectivity index (χ3n) is 20.2. The fraction of sp³-hybridized carbons (Fsp3) is 0.487. The highest BCUT2D eigenvalue weighted by molar-refractivity contribution is 6.74. The number of nitrogens with one attached hydrogen (secondary N) is 5. The number of nitrogens with zero attached hydrogens (tertiary/aromatic N) is 1. The maximum atomic E-state index is 14.6. The van der Waals surface area contributed by atoms with Crippen LogP contribution >= 0.6 is 0 Å². The van der Waals surface area contributed by atoms with Crippen LogP contribution in [0.5, 0.6) is 0 Å². The number of rotatable bonds is 30. The molecule has 0 spiro atoms. The molecule has 5 fully saturated rings. The number of fused-ring (bicyclic) bond motifs is 1. The SMILES string of the molecule is CN(C)CCO[C@H]1[C@H](O[C@@H]2[C@@H](O)[C@H](NC(=O)OCc3ccccc3)C[C@H](NC(=O)OCc3ccccc3)[C@H]2O[C@H]2O[C@@H]3COC(c4ccccc4)O[C@H]3[C@H](O)[C@H]2NC(=O)OCc2ccccc2)O[C@H](CO[Si](C)(C)C(C)(C)C)[C@H]1O[C@H]1O[C@@H](CNC(=O)OCc2ccccc2)[C@@H](O)[C@H](O)[C@H]1NC(=O)OCc1ccccc1. The molecule has 30 nitrogen and oxygen atoms in total. The number of amides is 5. The minimum atomic E-state index is -2.78. The lowest BCUT2D eigenvalue weighted by atomic mass is 9.83. The van der Waals surface area contributed by atoms with Crippen LogP contribution in [-0.4, -0.2) is 227 Å². The van der Waals surface area contributed by atoms with E-state index in [-0.39, 0.29) is 65.8 Å². The Morgan fingerprint density at radius 1 is 0.468 bits per heavy atom. The Labute approximate surface area is 645 Å². The average Bonchev–Trinajstić information content (AvgIpc) is 1.75. The van der Waals surface area contributed by atoms with Gasteiger partial charge in [-0.1, -0.05) is 203 Å². The van der Waals surface area contributed by atoms with Gasteiger partial charge in [0.25, 0.3) is 0 Å². The predicted octanol–water partition coefficient (Wildman–Crippen LogP) is 7.35. The summed E-state index contributed by atoms with van der Waals surface area (Å²) in [7, 11) is 0.850. The minimum absolute atomic E-state index is 0.0735. The van der Waals surface area contributed by atoms with Crippen LogP contribution in [0.4, 0.5) is 24.0 Å². The fourth-order valence-electron chi connectivity index (χ4n) is 13.0. The molecule has 111 heavy (non-hydrogen) atoms. The van der Waals surface area contributed by atoms with Gasteiger partial charge in [0, 0.05) is 18.7 Å². The van der Waals surface area contributed by atoms with Crippen molar-refractivity contribution in [2.45, 2.75) is 201 Å². The van der Waals surface area contributed by atoms with E-state index >= 15 is 0 Å². The first kappa shape index (κ1) is 83.2. The number of hydrogen-bond acceptors (Lipinski definition) is 25. The molecule has 4 saturated heterocycles. The number of ether oxygens (including phenoxy) is 14. The predicted molar refractivity (Wildman–Crippen MR) is 400 cm³/mol. The number of hydrogen-bond donors (Lipinski definition) is 9. The zero-order valence-corrected chi connectivity index (χ0v) is 64.0. The van der Waals surface area contributed by atoms with Crippen molar-refractivity contribution < 1.29 is 115 Å². The molecule has 11 rings (SSSR count). The van der Waals surface area contributed by atoms with Gasteiger partial charge < -0.3 is 123 Å². The second-order valence-corrected chi connectivity index (χ2v) is 34.4. The van der Waals surface area contributed by atoms with E-state index in [9.17, 15) is 44.4 Å². The van der Waals surface area contributed by atoms with Crippen LogP contribution in [0.2, 0.25) is 18.1 Å². The number of alkyl carbamates (subject to hydrolysis) is 5. The first-order valence-corrected chi connectivity index (χ1v) is 40.0. The first-order chi connectivity index (χ1) is 53.4. The van der Waals surface area contributed by atoms with Crippen LogP contribution in [0, 0.1) is 0 Å². The van der Waals surface area contributed by atoms with Gasteiger partial charge in [-0.15, -0.1) is 0 Å². The lowest BCUT2D eigenvalue weighted by Gasteiger charge is -2.51. The average molecular weight is 1560 g/mol. The van der Waals surface area contributed by atoms with Crippen molar-refractivity contribution in [2.24, 2.45) is 0 Å². The van der Waals surface area contributed by atoms with Crippen molar-refractivity contribution in [3.63, 3.8) is 0 Å². The summed E-state index contributed by atoms with van der Waals surface area (Å²) < 4.78 is 97.0. The molecule has 1 unspecified atom stereocenters. The molecule has 1 aliphatic carbocycles. The largest absolute Gasteiger partial charge is 0.445 e. The van der Waals surface area contributed by atoms with Crippen molar-refractivity contribution >= 4 is 38.8 Å². The van der Waals surface area contributed by atoms with E-state index in [4.69, 9.17) is 70.7 Å². The molecule has 20 atom stereocenters. The van der Waals surface area contributed by atoms with Crippen molar-refractivity contribution in [1.29, 1.82) is 0 Å². The fourth-order valence-corrected chi connectivity index (χ4v) is 14.1. The number of carbonyl (C=O) groups is 5. The van der Waals surface area contributed by atoms with Gasteiger partial charge >= 0.3 is 30.5 Å². The summed E-state index contributed by atoms with van der Waals surface area (Å²) in [6.07, 6.45) is -30.3. The number of benzene rings is 6. The van der Waals surface area contributed by atoms with E-state index in [0.717, 1.165) is 0 Å². The molecule has 5 amide bonds. The quantitative estimate of drug-likeness (QED) is 0.0157. The van der Waals surface area contributed by atoms with Crippen LogP contribution in [0.15, 0.2) is 182 Å². The van der Waals surface area contributed by atoms with Crippen LogP contribution in [0.1, 0.15) is 66.9 Å². The number of likely N-dealkylation sites (N-methyl/N-ethyl adjacent to an activating group) is 1. The van der Waals surface area contributed by atoms with E-state index < -0.39 is 173 Å². The molecule has 1 saturated carbocycles. The lowest BCUT2D eigenvalue weighted by Crippen LogP contribution is -2.71. The lowest BCUT2D eigenvalue weighted by molar-refractivity contribution is -0.358. The number of aliphatic hydroxyl groups is 4. The smallest absolute Gasteiger partial charge is 0.407 e. The van der Waals surface area contributed by atoms with Gasteiger partial charge in [-0.25, -0.2) is 24.0 Å². The van der Waals surface area contributed by atoms with Crippen molar-refractivity contribution in [3.8, 4) is 0 Å². The second-order valence-electron chi connectivity index (χ2n) is 29.5. The summed E-state index contributed by atoms with van der Waals surface area (Å²) in [6, 6.07) is 47.3. The van der Waals surface area contributed by atoms with E-state index in [0.29, 0.717) is 33.4 Å². The summed E-state index contributed by atoms with van der Waals surface area (Å²) in [6.45, 7) is 8.56. The van der Waals surface area contributed by atoms with Gasteiger partial charge in [0.1, 0.15) is 118 Å². The molecule has 31 heteroatoms. The third kappa shape index (κ3) is 23.2. The molecule has 6 aromatic rings. The highest BCUT2D eigenvalue weighted by Crippen LogP contribution is 2.42. The van der Waals surface area contributed by atoms with Crippen LogP contribution in [0.3, 0.4) is 0 Å². The molecule has 600 valence electrons. The summed E-state index contributed by atoms with van der Waals surface area (Å²) in [5.74, 6) is 0. The standard InChI is InChI=1S/C80H102N6O24Si/c1-80(2,3)111(6,7)103-48-59-68(109-72-60(84-78(94)101-45-52-32-20-11-21-33-52)64(89)63(88)57(104-72)41-81-75(91)98-42-49-26-14-8-15-27-49)70(96-39-38-86(4)5)74(106-59)110-69-62(87)55(82-76(92)99-43-50-28-16-9-17-29-50)40-56(83-77(93)100-44-51-30-18-10-19-31-51)66(69)107-73-61(85-79(95)102-46-53-34-22-12-23-35-53)65(90)67-58(105-73)47-97-71(108-67)54-36-24-13-25-37-54/h8-37,55-74,87-90H,38-48H2,1-7H3,(H,81,91)(H,82,92)(H,83,93)(H,84,94)(H,85,95)/t55-,56+,57+,58-,59-,60-,61-,62+,63-,64-,65-,66-,67-,68-,69-,70-,71?,72-,73-,74+/m1/s1. The summed E-state index contributed by atoms with van der Waals surface area (Å²) >= 11 is 0. The van der Waals surface area contributed by atoms with E-state index in [1.165, 1.54) is 0 Å². The van der Waals surface area contributed by atoms with Crippen LogP contribution in [0.25, 0.3) is 0 Å². The van der Waals surface area contributed by atoms with Gasteiger partial charge in [0.05, 0.1) is 31.9 Å². The molecule has 4 aliphatic heterocycles. The highest BCUT2D eigenvalue weighted by atomic mass is 28.4. The van der Waals surface area contributed by atoms with Crippen molar-refractivity contribution in [1.82, 2.24) is 31.5 Å².